The number of piperidine rings is 1. The predicted molar refractivity (Wildman–Crippen MR) is 100 cm³/mol. The van der Waals surface area contributed by atoms with Crippen LogP contribution in [0, 0.1) is 5.82 Å². The van der Waals surface area contributed by atoms with E-state index < -0.39 is 17.9 Å². The van der Waals surface area contributed by atoms with Crippen LogP contribution >= 0.6 is 0 Å². The maximum atomic E-state index is 14.1. The first kappa shape index (κ1) is 19.6. The number of urea groups is 1. The predicted octanol–water partition coefficient (Wildman–Crippen LogP) is 3.93. The lowest BCUT2D eigenvalue weighted by Crippen LogP contribution is -2.58. The number of amides is 3. The lowest BCUT2D eigenvalue weighted by Gasteiger charge is -2.34. The fraction of sp³-hybridized carbons (Fsp3) is 0.316. The summed E-state index contributed by atoms with van der Waals surface area (Å²) in [5.74, 6) is -0.474. The zero-order valence-corrected chi connectivity index (χ0v) is 15.5. The number of methoxy groups -OCH3 is 1. The van der Waals surface area contributed by atoms with E-state index in [1.54, 1.807) is 18.3 Å². The van der Waals surface area contributed by atoms with E-state index in [0.29, 0.717) is 18.8 Å². The van der Waals surface area contributed by atoms with Gasteiger partial charge in [0.2, 0.25) is 0 Å². The standard InChI is InChI=1S/C19H21FN4O4/c1-27-19(26)24(8-3-2-4-9-24)28-17-11-14(20)10-16(12-17)23-18(25)22-15-6-5-7-21-13-15/h5-7,10-13H,2-4,8-9H2,1H3,(H-,22,23,25)/p+1. The zero-order valence-electron chi connectivity index (χ0n) is 15.5. The van der Waals surface area contributed by atoms with Gasteiger partial charge in [-0.1, -0.05) is 0 Å². The van der Waals surface area contributed by atoms with E-state index in [4.69, 9.17) is 9.57 Å². The molecule has 0 aliphatic carbocycles. The summed E-state index contributed by atoms with van der Waals surface area (Å²) >= 11 is 0. The third kappa shape index (κ3) is 4.74. The van der Waals surface area contributed by atoms with Crippen molar-refractivity contribution in [3.8, 4) is 5.75 Å². The second-order valence-electron chi connectivity index (χ2n) is 6.45. The first-order chi connectivity index (χ1) is 13.5. The van der Waals surface area contributed by atoms with Gasteiger partial charge in [-0.25, -0.2) is 9.18 Å². The number of likely N-dealkylation sites (tertiary alicyclic amines) is 1. The van der Waals surface area contributed by atoms with Crippen LogP contribution in [0.1, 0.15) is 19.3 Å². The summed E-state index contributed by atoms with van der Waals surface area (Å²) < 4.78 is 18.6. The van der Waals surface area contributed by atoms with Crippen LogP contribution in [0.15, 0.2) is 42.7 Å². The van der Waals surface area contributed by atoms with Gasteiger partial charge in [0.15, 0.2) is 5.75 Å². The number of halogens is 1. The second kappa shape index (κ2) is 8.66. The minimum Gasteiger partial charge on any atom is -0.421 e. The summed E-state index contributed by atoms with van der Waals surface area (Å²) in [5, 5.41) is 5.14. The van der Waals surface area contributed by atoms with Crippen molar-refractivity contribution in [3.05, 3.63) is 48.5 Å². The third-order valence-electron chi connectivity index (χ3n) is 4.37. The van der Waals surface area contributed by atoms with Crippen LogP contribution in [-0.2, 0) is 4.74 Å². The minimum atomic E-state index is -0.603. The fourth-order valence-corrected chi connectivity index (χ4v) is 3.12. The summed E-state index contributed by atoms with van der Waals surface area (Å²) in [5.41, 5.74) is 0.688. The lowest BCUT2D eigenvalue weighted by atomic mass is 10.1. The highest BCUT2D eigenvalue weighted by Crippen LogP contribution is 2.27. The maximum absolute atomic E-state index is 14.1. The Hall–Kier alpha value is -3.20. The van der Waals surface area contributed by atoms with Crippen LogP contribution in [0.5, 0.6) is 5.75 Å². The number of rotatable bonds is 4. The number of anilines is 2. The highest BCUT2D eigenvalue weighted by atomic mass is 19.1. The Balaban J connectivity index is 1.75. The second-order valence-corrected chi connectivity index (χ2v) is 6.45. The van der Waals surface area contributed by atoms with Crippen LogP contribution in [0.3, 0.4) is 0 Å². The van der Waals surface area contributed by atoms with Gasteiger partial charge in [0, 0.05) is 36.9 Å². The number of carbonyl (C=O) groups is 2. The number of carbonyl (C=O) groups excluding carboxylic acids is 2. The van der Waals surface area contributed by atoms with Crippen LogP contribution in [0.25, 0.3) is 0 Å². The van der Waals surface area contributed by atoms with Gasteiger partial charge in [-0.05, 0) is 29.3 Å². The van der Waals surface area contributed by atoms with Gasteiger partial charge < -0.3 is 20.2 Å². The molecule has 1 aromatic heterocycles. The van der Waals surface area contributed by atoms with Gasteiger partial charge in [0.05, 0.1) is 19.0 Å². The molecular formula is C19H22FN4O4+. The summed E-state index contributed by atoms with van der Waals surface area (Å²) in [6.45, 7) is 0.876. The Labute approximate surface area is 161 Å². The highest BCUT2D eigenvalue weighted by molar-refractivity contribution is 5.99. The number of hydroxylamine groups is 3. The molecule has 28 heavy (non-hydrogen) atoms. The average molecular weight is 389 g/mol. The molecule has 2 N–H and O–H groups in total. The molecule has 3 rings (SSSR count). The van der Waals surface area contributed by atoms with Crippen LogP contribution in [0.2, 0.25) is 0 Å². The van der Waals surface area contributed by atoms with Crippen molar-refractivity contribution in [2.24, 2.45) is 0 Å². The monoisotopic (exact) mass is 389 g/mol. The third-order valence-corrected chi connectivity index (χ3v) is 4.37. The van der Waals surface area contributed by atoms with Crippen LogP contribution in [0.4, 0.5) is 25.4 Å². The average Bonchev–Trinajstić information content (AvgIpc) is 2.68. The zero-order chi connectivity index (χ0) is 20.0. The fourth-order valence-electron chi connectivity index (χ4n) is 3.12. The number of nitrogens with one attached hydrogen (secondary N) is 2. The minimum absolute atomic E-state index is 0.129. The van der Waals surface area contributed by atoms with E-state index in [-0.39, 0.29) is 16.1 Å². The Morgan fingerprint density at radius 1 is 1.11 bits per heavy atom. The number of aromatic nitrogens is 1. The van der Waals surface area contributed by atoms with E-state index >= 15 is 0 Å². The summed E-state index contributed by atoms with van der Waals surface area (Å²) in [7, 11) is 1.29. The molecule has 0 atom stereocenters. The van der Waals surface area contributed by atoms with E-state index in [1.165, 1.54) is 25.4 Å². The van der Waals surface area contributed by atoms with E-state index in [9.17, 15) is 14.0 Å². The van der Waals surface area contributed by atoms with Crippen molar-refractivity contribution in [1.82, 2.24) is 4.98 Å². The summed E-state index contributed by atoms with van der Waals surface area (Å²) in [4.78, 5) is 34.2. The van der Waals surface area contributed by atoms with E-state index in [0.717, 1.165) is 25.3 Å². The van der Waals surface area contributed by atoms with Crippen molar-refractivity contribution >= 4 is 23.5 Å². The molecule has 1 aliphatic rings. The van der Waals surface area contributed by atoms with Crippen LogP contribution < -0.4 is 15.5 Å². The first-order valence-corrected chi connectivity index (χ1v) is 8.94. The number of nitrogens with zero attached hydrogens (tertiary/aromatic N) is 2. The normalized spacial score (nSPS) is 15.4. The molecule has 3 amide bonds. The molecule has 0 unspecified atom stereocenters. The van der Waals surface area contributed by atoms with Crippen molar-refractivity contribution in [1.29, 1.82) is 0 Å². The molecule has 0 radical (unpaired) electrons. The van der Waals surface area contributed by atoms with E-state index in [2.05, 4.69) is 15.6 Å². The molecule has 2 aromatic rings. The number of ether oxygens (including phenoxy) is 1. The molecule has 1 saturated heterocycles. The number of hydrogen-bond acceptors (Lipinski definition) is 5. The Morgan fingerprint density at radius 2 is 1.86 bits per heavy atom. The van der Waals surface area contributed by atoms with Gasteiger partial charge >= 0.3 is 12.1 Å². The number of benzene rings is 1. The molecule has 0 saturated carbocycles. The topological polar surface area (TPSA) is 89.5 Å². The Kier molecular flexibility index (Phi) is 6.05. The molecule has 0 spiro atoms. The molecule has 2 heterocycles. The van der Waals surface area contributed by atoms with Gasteiger partial charge in [-0.2, -0.15) is 4.79 Å². The van der Waals surface area contributed by atoms with Gasteiger partial charge in [-0.3, -0.25) is 4.98 Å². The number of pyridine rings is 1. The van der Waals surface area contributed by atoms with Crippen LogP contribution in [-0.4, -0.2) is 42.0 Å². The maximum Gasteiger partial charge on any atom is 0.558 e. The molecule has 0 bridgehead atoms. The lowest BCUT2D eigenvalue weighted by molar-refractivity contribution is -1.02. The molecule has 9 heteroatoms. The number of hydrogen-bond donors (Lipinski definition) is 2. The summed E-state index contributed by atoms with van der Waals surface area (Å²) in [6, 6.07) is 6.59. The van der Waals surface area contributed by atoms with Crippen molar-refractivity contribution < 1.29 is 28.2 Å². The van der Waals surface area contributed by atoms with Crippen molar-refractivity contribution in [2.45, 2.75) is 19.3 Å². The van der Waals surface area contributed by atoms with Gasteiger partial charge in [0.25, 0.3) is 0 Å². The first-order valence-electron chi connectivity index (χ1n) is 8.94. The highest BCUT2D eigenvalue weighted by Gasteiger charge is 2.43. The molecular weight excluding hydrogens is 367 g/mol. The largest absolute Gasteiger partial charge is 0.558 e. The van der Waals surface area contributed by atoms with Gasteiger partial charge in [0.1, 0.15) is 18.9 Å². The van der Waals surface area contributed by atoms with Crippen molar-refractivity contribution in [3.63, 3.8) is 0 Å². The summed E-state index contributed by atoms with van der Waals surface area (Å²) in [6.07, 6.45) is 5.12. The Morgan fingerprint density at radius 3 is 2.54 bits per heavy atom. The molecule has 1 aromatic carbocycles. The molecule has 1 fully saturated rings. The molecule has 148 valence electrons. The molecule has 8 nitrogen and oxygen atoms in total. The molecule has 1 aliphatic heterocycles. The SMILES string of the molecule is COC(=O)[N+]1(Oc2cc(F)cc(NC(=O)Nc3cccnc3)c2)CCCCC1. The quantitative estimate of drug-likeness (QED) is 0.774. The Bertz CT molecular complexity index is 841. The van der Waals surface area contributed by atoms with E-state index in [1.807, 2.05) is 0 Å². The van der Waals surface area contributed by atoms with Crippen molar-refractivity contribution in [2.75, 3.05) is 30.8 Å². The van der Waals surface area contributed by atoms with Gasteiger partial charge in [-0.15, -0.1) is 0 Å². The smallest absolute Gasteiger partial charge is 0.421 e. The number of quaternary nitrogens is 1.